The van der Waals surface area contributed by atoms with Crippen molar-refractivity contribution in [2.24, 2.45) is 5.41 Å². The highest BCUT2D eigenvalue weighted by Gasteiger charge is 2.28. The minimum absolute atomic E-state index is 0.381. The van der Waals surface area contributed by atoms with E-state index in [0.29, 0.717) is 5.41 Å². The molecule has 17 heavy (non-hydrogen) atoms. The van der Waals surface area contributed by atoms with Crippen molar-refractivity contribution in [1.29, 1.82) is 0 Å². The van der Waals surface area contributed by atoms with Gasteiger partial charge in [0.1, 0.15) is 0 Å². The number of rotatable bonds is 4. The molecule has 2 heteroatoms. The Balaban J connectivity index is 1.92. The van der Waals surface area contributed by atoms with Gasteiger partial charge in [-0.2, -0.15) is 0 Å². The third kappa shape index (κ3) is 3.56. The van der Waals surface area contributed by atoms with Crippen LogP contribution in [0, 0.1) is 5.41 Å². The first-order valence-electron chi connectivity index (χ1n) is 6.44. The molecule has 0 aliphatic carbocycles. The number of halogens is 1. The molecule has 1 saturated heterocycles. The number of likely N-dealkylation sites (tertiary alicyclic amines) is 1. The van der Waals surface area contributed by atoms with Crippen LogP contribution < -0.4 is 0 Å². The van der Waals surface area contributed by atoms with Gasteiger partial charge in [0.05, 0.1) is 0 Å². The Morgan fingerprint density at radius 2 is 2.00 bits per heavy atom. The van der Waals surface area contributed by atoms with Gasteiger partial charge in [-0.3, -0.25) is 0 Å². The monoisotopic (exact) mass is 295 g/mol. The maximum absolute atomic E-state index is 3.61. The average Bonchev–Trinajstić information content (AvgIpc) is 2.78. The second-order valence-electron chi connectivity index (χ2n) is 5.93. The molecule has 94 valence electrons. The highest BCUT2D eigenvalue weighted by atomic mass is 79.9. The summed E-state index contributed by atoms with van der Waals surface area (Å²) in [4.78, 5) is 2.61. The molecular formula is C15H22BrN. The third-order valence-corrected chi connectivity index (χ3v) is 5.07. The molecule has 1 aromatic carbocycles. The first-order chi connectivity index (χ1) is 8.11. The van der Waals surface area contributed by atoms with E-state index in [1.54, 1.807) is 0 Å². The molecule has 1 nitrogen and oxygen atoms in total. The Morgan fingerprint density at radius 3 is 2.65 bits per heavy atom. The lowest BCUT2D eigenvalue weighted by Crippen LogP contribution is -2.33. The summed E-state index contributed by atoms with van der Waals surface area (Å²) in [5.74, 6) is 0.738. The van der Waals surface area contributed by atoms with E-state index >= 15 is 0 Å². The van der Waals surface area contributed by atoms with Gasteiger partial charge < -0.3 is 4.90 Å². The van der Waals surface area contributed by atoms with Crippen molar-refractivity contribution in [3.05, 3.63) is 35.9 Å². The highest BCUT2D eigenvalue weighted by molar-refractivity contribution is 9.09. The quantitative estimate of drug-likeness (QED) is 0.762. The molecule has 1 unspecified atom stereocenters. The van der Waals surface area contributed by atoms with Crippen LogP contribution in [-0.2, 0) is 0 Å². The molecule has 1 aliphatic heterocycles. The zero-order valence-electron chi connectivity index (χ0n) is 10.8. The summed E-state index contributed by atoms with van der Waals surface area (Å²) in [7, 11) is 0. The summed E-state index contributed by atoms with van der Waals surface area (Å²) in [6.07, 6.45) is 1.31. The van der Waals surface area contributed by atoms with Crippen LogP contribution in [-0.4, -0.2) is 29.9 Å². The molecule has 2 rings (SSSR count). The Labute approximate surface area is 113 Å². The van der Waals surface area contributed by atoms with E-state index in [4.69, 9.17) is 0 Å². The molecule has 0 N–H and O–H groups in total. The molecular weight excluding hydrogens is 274 g/mol. The number of hydrogen-bond donors (Lipinski definition) is 0. The maximum Gasteiger partial charge on any atom is 0.00949 e. The van der Waals surface area contributed by atoms with E-state index in [9.17, 15) is 0 Å². The van der Waals surface area contributed by atoms with Crippen molar-refractivity contribution in [2.45, 2.75) is 26.2 Å². The van der Waals surface area contributed by atoms with Crippen LogP contribution in [0.3, 0.4) is 0 Å². The summed E-state index contributed by atoms with van der Waals surface area (Å²) >= 11 is 3.61. The fourth-order valence-corrected chi connectivity index (χ4v) is 2.80. The van der Waals surface area contributed by atoms with E-state index in [0.717, 1.165) is 11.2 Å². The number of benzene rings is 1. The minimum atomic E-state index is 0.381. The fraction of sp³-hybridized carbons (Fsp3) is 0.600. The molecule has 1 heterocycles. The summed E-state index contributed by atoms with van der Waals surface area (Å²) in [6, 6.07) is 10.9. The second kappa shape index (κ2) is 5.53. The molecule has 0 amide bonds. The van der Waals surface area contributed by atoms with Crippen LogP contribution in [0.25, 0.3) is 0 Å². The molecule has 1 fully saturated rings. The van der Waals surface area contributed by atoms with Gasteiger partial charge >= 0.3 is 0 Å². The smallest absolute Gasteiger partial charge is 0.00949 e. The Morgan fingerprint density at radius 1 is 1.29 bits per heavy atom. The number of hydrogen-bond acceptors (Lipinski definition) is 1. The van der Waals surface area contributed by atoms with Gasteiger partial charge in [0.2, 0.25) is 0 Å². The van der Waals surface area contributed by atoms with Crippen molar-refractivity contribution in [2.75, 3.05) is 25.0 Å². The SMILES string of the molecule is CC(C)(CBr)CN1CCC(c2ccccc2)C1. The van der Waals surface area contributed by atoms with Gasteiger partial charge in [0.15, 0.2) is 0 Å². The summed E-state index contributed by atoms with van der Waals surface area (Å²) < 4.78 is 0. The highest BCUT2D eigenvalue weighted by Crippen LogP contribution is 2.29. The predicted octanol–water partition coefficient (Wildman–Crippen LogP) is 3.90. The molecule has 1 aliphatic rings. The number of alkyl halides is 1. The van der Waals surface area contributed by atoms with Crippen molar-refractivity contribution >= 4 is 15.9 Å². The summed E-state index contributed by atoms with van der Waals surface area (Å²) in [5, 5.41) is 1.08. The van der Waals surface area contributed by atoms with Gasteiger partial charge in [-0.25, -0.2) is 0 Å². The first-order valence-corrected chi connectivity index (χ1v) is 7.56. The third-order valence-electron chi connectivity index (χ3n) is 3.56. The average molecular weight is 296 g/mol. The molecule has 0 bridgehead atoms. The zero-order chi connectivity index (χ0) is 12.3. The lowest BCUT2D eigenvalue weighted by Gasteiger charge is -2.28. The van der Waals surface area contributed by atoms with Gasteiger partial charge in [0.25, 0.3) is 0 Å². The van der Waals surface area contributed by atoms with Gasteiger partial charge in [-0.1, -0.05) is 60.1 Å². The van der Waals surface area contributed by atoms with Crippen LogP contribution in [0.15, 0.2) is 30.3 Å². The van der Waals surface area contributed by atoms with Crippen molar-refractivity contribution in [1.82, 2.24) is 4.90 Å². The van der Waals surface area contributed by atoms with Crippen LogP contribution in [0.2, 0.25) is 0 Å². The molecule has 0 saturated carbocycles. The largest absolute Gasteiger partial charge is 0.302 e. The topological polar surface area (TPSA) is 3.24 Å². The molecule has 1 aromatic rings. The van der Waals surface area contributed by atoms with Crippen molar-refractivity contribution < 1.29 is 0 Å². The fourth-order valence-electron chi connectivity index (χ4n) is 2.62. The van der Waals surface area contributed by atoms with Gasteiger partial charge in [-0.15, -0.1) is 0 Å². The van der Waals surface area contributed by atoms with Crippen LogP contribution in [0.1, 0.15) is 31.7 Å². The Bertz CT molecular complexity index is 347. The van der Waals surface area contributed by atoms with Crippen LogP contribution >= 0.6 is 15.9 Å². The van der Waals surface area contributed by atoms with E-state index in [2.05, 4.69) is 65.0 Å². The van der Waals surface area contributed by atoms with Crippen LogP contribution in [0.5, 0.6) is 0 Å². The van der Waals surface area contributed by atoms with E-state index < -0.39 is 0 Å². The zero-order valence-corrected chi connectivity index (χ0v) is 12.4. The normalized spacial score (nSPS) is 21.9. The minimum Gasteiger partial charge on any atom is -0.302 e. The maximum atomic E-state index is 3.61. The Kier molecular flexibility index (Phi) is 4.26. The lowest BCUT2D eigenvalue weighted by atomic mass is 9.96. The molecule has 1 atom stereocenters. The first kappa shape index (κ1) is 13.1. The van der Waals surface area contributed by atoms with Gasteiger partial charge in [-0.05, 0) is 29.9 Å². The number of nitrogens with zero attached hydrogens (tertiary/aromatic N) is 1. The summed E-state index contributed by atoms with van der Waals surface area (Å²) in [5.41, 5.74) is 1.89. The van der Waals surface area contributed by atoms with Crippen molar-refractivity contribution in [3.8, 4) is 0 Å². The summed E-state index contributed by atoms with van der Waals surface area (Å²) in [6.45, 7) is 8.33. The molecule has 0 aromatic heterocycles. The standard InChI is InChI=1S/C15H22BrN/c1-15(2,11-16)12-17-9-8-14(10-17)13-6-4-3-5-7-13/h3-7,14H,8-12H2,1-2H3. The van der Waals surface area contributed by atoms with Crippen LogP contribution in [0.4, 0.5) is 0 Å². The van der Waals surface area contributed by atoms with Gasteiger partial charge in [0, 0.05) is 18.4 Å². The lowest BCUT2D eigenvalue weighted by molar-refractivity contribution is 0.230. The second-order valence-corrected chi connectivity index (χ2v) is 6.49. The molecule has 0 radical (unpaired) electrons. The molecule has 0 spiro atoms. The predicted molar refractivity (Wildman–Crippen MR) is 77.8 cm³/mol. The van der Waals surface area contributed by atoms with E-state index in [1.807, 2.05) is 0 Å². The van der Waals surface area contributed by atoms with Crippen molar-refractivity contribution in [3.63, 3.8) is 0 Å². The van der Waals surface area contributed by atoms with E-state index in [1.165, 1.54) is 31.6 Å². The Hall–Kier alpha value is -0.340. The van der Waals surface area contributed by atoms with E-state index in [-0.39, 0.29) is 0 Å².